The van der Waals surface area contributed by atoms with Gasteiger partial charge < -0.3 is 9.47 Å². The van der Waals surface area contributed by atoms with Crippen LogP contribution in [0.1, 0.15) is 33.3 Å². The molecule has 0 heterocycles. The zero-order valence-electron chi connectivity index (χ0n) is 10.8. The summed E-state index contributed by atoms with van der Waals surface area (Å²) in [6.07, 6.45) is 0. The molecule has 0 bridgehead atoms. The summed E-state index contributed by atoms with van der Waals surface area (Å²) in [4.78, 5) is 0. The van der Waals surface area contributed by atoms with Gasteiger partial charge in [-0.2, -0.15) is 0 Å². The van der Waals surface area contributed by atoms with Crippen molar-refractivity contribution in [2.24, 2.45) is 0 Å². The molecule has 0 aliphatic carbocycles. The van der Waals surface area contributed by atoms with E-state index in [1.54, 1.807) is 7.11 Å². The van der Waals surface area contributed by atoms with Gasteiger partial charge >= 0.3 is 0 Å². The van der Waals surface area contributed by atoms with Gasteiger partial charge in [0.15, 0.2) is 11.5 Å². The average molecular weight is 220 g/mol. The van der Waals surface area contributed by atoms with Crippen molar-refractivity contribution in [3.05, 3.63) is 30.3 Å². The highest BCUT2D eigenvalue weighted by Gasteiger charge is 2.15. The van der Waals surface area contributed by atoms with Crippen LogP contribution in [0.25, 0.3) is 5.57 Å². The zero-order chi connectivity index (χ0) is 12.3. The number of ether oxygens (including phenoxy) is 2. The second-order valence-electron chi connectivity index (χ2n) is 4.86. The SMILES string of the molecule is C=C(C)c1ccc(OC)c(OC(C)(C)C)c1. The van der Waals surface area contributed by atoms with Crippen molar-refractivity contribution in [1.82, 2.24) is 0 Å². The molecule has 0 N–H and O–H groups in total. The summed E-state index contributed by atoms with van der Waals surface area (Å²) < 4.78 is 11.1. The molecule has 2 heteroatoms. The molecule has 1 aromatic rings. The van der Waals surface area contributed by atoms with E-state index in [2.05, 4.69) is 6.58 Å². The molecule has 1 rings (SSSR count). The first-order chi connectivity index (χ1) is 7.33. The van der Waals surface area contributed by atoms with Crippen LogP contribution < -0.4 is 9.47 Å². The van der Waals surface area contributed by atoms with Crippen molar-refractivity contribution >= 4 is 5.57 Å². The third-order valence-corrected chi connectivity index (χ3v) is 2.07. The highest BCUT2D eigenvalue weighted by molar-refractivity contribution is 5.64. The van der Waals surface area contributed by atoms with Gasteiger partial charge in [0.2, 0.25) is 0 Å². The summed E-state index contributed by atoms with van der Waals surface area (Å²) >= 11 is 0. The van der Waals surface area contributed by atoms with Gasteiger partial charge in [-0.15, -0.1) is 0 Å². The van der Waals surface area contributed by atoms with Crippen LogP contribution in [-0.2, 0) is 0 Å². The summed E-state index contributed by atoms with van der Waals surface area (Å²) in [6, 6.07) is 5.86. The first-order valence-electron chi connectivity index (χ1n) is 5.36. The Morgan fingerprint density at radius 3 is 2.25 bits per heavy atom. The van der Waals surface area contributed by atoms with Gasteiger partial charge in [0.05, 0.1) is 7.11 Å². The number of methoxy groups -OCH3 is 1. The summed E-state index contributed by atoms with van der Waals surface area (Å²) in [5, 5.41) is 0. The molecule has 0 saturated carbocycles. The number of benzene rings is 1. The molecule has 0 aromatic heterocycles. The third kappa shape index (κ3) is 3.30. The van der Waals surface area contributed by atoms with E-state index in [1.807, 2.05) is 45.9 Å². The van der Waals surface area contributed by atoms with Crippen molar-refractivity contribution in [3.8, 4) is 11.5 Å². The molecule has 0 aliphatic heterocycles. The minimum absolute atomic E-state index is 0.235. The molecule has 1 aromatic carbocycles. The lowest BCUT2D eigenvalue weighted by atomic mass is 10.1. The quantitative estimate of drug-likeness (QED) is 0.769. The molecule has 88 valence electrons. The summed E-state index contributed by atoms with van der Waals surface area (Å²) in [6.45, 7) is 11.9. The van der Waals surface area contributed by atoms with Crippen molar-refractivity contribution in [1.29, 1.82) is 0 Å². The van der Waals surface area contributed by atoms with E-state index in [-0.39, 0.29) is 5.60 Å². The van der Waals surface area contributed by atoms with Crippen LogP contribution in [0.2, 0.25) is 0 Å². The molecule has 0 spiro atoms. The van der Waals surface area contributed by atoms with Crippen molar-refractivity contribution in [2.45, 2.75) is 33.3 Å². The number of allylic oxidation sites excluding steroid dienone is 1. The topological polar surface area (TPSA) is 18.5 Å². The lowest BCUT2D eigenvalue weighted by Crippen LogP contribution is -2.23. The van der Waals surface area contributed by atoms with Gasteiger partial charge in [0.1, 0.15) is 5.60 Å². The van der Waals surface area contributed by atoms with Gasteiger partial charge in [-0.3, -0.25) is 0 Å². The molecular formula is C14H20O2. The van der Waals surface area contributed by atoms with Crippen molar-refractivity contribution < 1.29 is 9.47 Å². The summed E-state index contributed by atoms with van der Waals surface area (Å²) in [7, 11) is 1.64. The van der Waals surface area contributed by atoms with Crippen LogP contribution in [0, 0.1) is 0 Å². The lowest BCUT2D eigenvalue weighted by molar-refractivity contribution is 0.125. The Kier molecular flexibility index (Phi) is 3.63. The number of rotatable bonds is 3. The molecule has 0 fully saturated rings. The monoisotopic (exact) mass is 220 g/mol. The Morgan fingerprint density at radius 1 is 1.19 bits per heavy atom. The number of hydrogen-bond acceptors (Lipinski definition) is 2. The summed E-state index contributed by atoms with van der Waals surface area (Å²) in [5.41, 5.74) is 1.85. The molecule has 0 saturated heterocycles. The molecule has 0 radical (unpaired) electrons. The van der Waals surface area contributed by atoms with E-state index in [1.165, 1.54) is 0 Å². The van der Waals surface area contributed by atoms with Gasteiger partial charge in [0.25, 0.3) is 0 Å². The fraction of sp³-hybridized carbons (Fsp3) is 0.429. The Bertz CT molecular complexity index is 386. The maximum Gasteiger partial charge on any atom is 0.162 e. The molecule has 0 atom stereocenters. The molecular weight excluding hydrogens is 200 g/mol. The van der Waals surface area contributed by atoms with Crippen molar-refractivity contribution in [3.63, 3.8) is 0 Å². The van der Waals surface area contributed by atoms with E-state index < -0.39 is 0 Å². The standard InChI is InChI=1S/C14H20O2/c1-10(2)11-7-8-12(15-6)13(9-11)16-14(3,4)5/h7-9H,1H2,2-6H3. The minimum Gasteiger partial charge on any atom is -0.493 e. The molecule has 16 heavy (non-hydrogen) atoms. The molecule has 0 aliphatic rings. The first-order valence-corrected chi connectivity index (χ1v) is 5.36. The molecule has 2 nitrogen and oxygen atoms in total. The highest BCUT2D eigenvalue weighted by atomic mass is 16.5. The third-order valence-electron chi connectivity index (χ3n) is 2.07. The van der Waals surface area contributed by atoms with Crippen LogP contribution in [0.5, 0.6) is 11.5 Å². The Labute approximate surface area is 97.9 Å². The van der Waals surface area contributed by atoms with Crippen LogP contribution in [0.4, 0.5) is 0 Å². The van der Waals surface area contributed by atoms with Crippen LogP contribution in [-0.4, -0.2) is 12.7 Å². The highest BCUT2D eigenvalue weighted by Crippen LogP contribution is 2.32. The fourth-order valence-corrected chi connectivity index (χ4v) is 1.35. The van der Waals surface area contributed by atoms with E-state index >= 15 is 0 Å². The normalized spacial score (nSPS) is 11.1. The first kappa shape index (κ1) is 12.6. The van der Waals surface area contributed by atoms with Crippen molar-refractivity contribution in [2.75, 3.05) is 7.11 Å². The van der Waals surface area contributed by atoms with Gasteiger partial charge in [-0.05, 0) is 45.4 Å². The smallest absolute Gasteiger partial charge is 0.162 e. The average Bonchev–Trinajstić information content (AvgIpc) is 2.15. The van der Waals surface area contributed by atoms with Crippen LogP contribution in [0.15, 0.2) is 24.8 Å². The van der Waals surface area contributed by atoms with E-state index in [0.29, 0.717) is 0 Å². The second kappa shape index (κ2) is 4.60. The Balaban J connectivity index is 3.12. The van der Waals surface area contributed by atoms with Gasteiger partial charge in [-0.25, -0.2) is 0 Å². The summed E-state index contributed by atoms with van der Waals surface area (Å²) in [5.74, 6) is 1.51. The molecule has 0 unspecified atom stereocenters. The largest absolute Gasteiger partial charge is 0.493 e. The lowest BCUT2D eigenvalue weighted by Gasteiger charge is -2.23. The Hall–Kier alpha value is -1.44. The molecule has 0 amide bonds. The zero-order valence-corrected chi connectivity index (χ0v) is 10.8. The fourth-order valence-electron chi connectivity index (χ4n) is 1.35. The Morgan fingerprint density at radius 2 is 1.81 bits per heavy atom. The predicted molar refractivity (Wildman–Crippen MR) is 68.1 cm³/mol. The maximum atomic E-state index is 5.85. The van der Waals surface area contributed by atoms with Crippen LogP contribution in [0.3, 0.4) is 0 Å². The van der Waals surface area contributed by atoms with Gasteiger partial charge in [-0.1, -0.05) is 18.2 Å². The maximum absolute atomic E-state index is 5.85. The predicted octanol–water partition coefficient (Wildman–Crippen LogP) is 3.91. The van der Waals surface area contributed by atoms with E-state index in [9.17, 15) is 0 Å². The second-order valence-corrected chi connectivity index (χ2v) is 4.86. The van der Waals surface area contributed by atoms with E-state index in [4.69, 9.17) is 9.47 Å². The van der Waals surface area contributed by atoms with Gasteiger partial charge in [0, 0.05) is 0 Å². The van der Waals surface area contributed by atoms with E-state index in [0.717, 1.165) is 22.6 Å². The minimum atomic E-state index is -0.235. The number of hydrogen-bond donors (Lipinski definition) is 0. The van der Waals surface area contributed by atoms with Crippen LogP contribution >= 0.6 is 0 Å².